The maximum absolute atomic E-state index is 10.4. The third kappa shape index (κ3) is 1.72. The Morgan fingerprint density at radius 3 is 2.50 bits per heavy atom. The van der Waals surface area contributed by atoms with Crippen LogP contribution in [0.4, 0.5) is 0 Å². The number of piperidine rings is 1. The van der Waals surface area contributed by atoms with Gasteiger partial charge in [-0.1, -0.05) is 0 Å². The molecule has 3 nitrogen and oxygen atoms in total. The maximum atomic E-state index is 10.4. The van der Waals surface area contributed by atoms with Gasteiger partial charge in [0.15, 0.2) is 0 Å². The van der Waals surface area contributed by atoms with Crippen LogP contribution in [-0.2, 0) is 4.79 Å². The van der Waals surface area contributed by atoms with Crippen LogP contribution >= 0.6 is 11.8 Å². The van der Waals surface area contributed by atoms with E-state index >= 15 is 0 Å². The zero-order valence-corrected chi connectivity index (χ0v) is 7.93. The molecule has 66 valence electrons. The molecule has 1 saturated heterocycles. The van der Waals surface area contributed by atoms with Gasteiger partial charge in [0.1, 0.15) is 4.75 Å². The van der Waals surface area contributed by atoms with Crippen molar-refractivity contribution in [2.45, 2.75) is 17.6 Å². The van der Waals surface area contributed by atoms with Crippen molar-refractivity contribution in [3.8, 4) is 6.07 Å². The summed E-state index contributed by atoms with van der Waals surface area (Å²) in [5.41, 5.74) is 0. The van der Waals surface area contributed by atoms with E-state index in [4.69, 9.17) is 5.26 Å². The molecule has 0 aromatic heterocycles. The molecule has 0 N–H and O–H groups in total. The summed E-state index contributed by atoms with van der Waals surface area (Å²) in [5, 5.41) is 8.92. The molecule has 0 spiro atoms. The molecule has 0 radical (unpaired) electrons. The molecule has 0 unspecified atom stereocenters. The van der Waals surface area contributed by atoms with Gasteiger partial charge in [0.25, 0.3) is 0 Å². The van der Waals surface area contributed by atoms with Gasteiger partial charge in [-0.15, -0.1) is 11.8 Å². The Labute approximate surface area is 76.7 Å². The van der Waals surface area contributed by atoms with E-state index in [-0.39, 0.29) is 4.75 Å². The van der Waals surface area contributed by atoms with Gasteiger partial charge in [-0.3, -0.25) is 4.79 Å². The lowest BCUT2D eigenvalue weighted by atomic mass is 9.98. The van der Waals surface area contributed by atoms with Crippen LogP contribution in [0, 0.1) is 11.3 Å². The van der Waals surface area contributed by atoms with E-state index in [1.54, 1.807) is 16.7 Å². The van der Waals surface area contributed by atoms with Gasteiger partial charge >= 0.3 is 0 Å². The first-order valence-corrected chi connectivity index (χ1v) is 5.14. The first-order chi connectivity index (χ1) is 5.76. The summed E-state index contributed by atoms with van der Waals surface area (Å²) >= 11 is 1.60. The molecule has 1 rings (SSSR count). The minimum Gasteiger partial charge on any atom is -0.345 e. The largest absolute Gasteiger partial charge is 0.345 e. The average Bonchev–Trinajstić information content (AvgIpc) is 2.18. The predicted molar refractivity (Wildman–Crippen MR) is 48.7 cm³/mol. The minimum absolute atomic E-state index is 0.237. The van der Waals surface area contributed by atoms with Crippen LogP contribution < -0.4 is 0 Å². The van der Waals surface area contributed by atoms with E-state index in [1.807, 2.05) is 6.26 Å². The number of hydrogen-bond donors (Lipinski definition) is 0. The molecule has 1 heterocycles. The molecular formula is C8H12N2OS. The normalized spacial score (nSPS) is 21.5. The highest BCUT2D eigenvalue weighted by Crippen LogP contribution is 2.33. The average molecular weight is 184 g/mol. The van der Waals surface area contributed by atoms with Gasteiger partial charge in [-0.2, -0.15) is 5.26 Å². The molecule has 0 bridgehead atoms. The molecule has 1 amide bonds. The number of rotatable bonds is 2. The smallest absolute Gasteiger partial charge is 0.209 e. The molecule has 0 aromatic rings. The van der Waals surface area contributed by atoms with Crippen molar-refractivity contribution in [3.05, 3.63) is 0 Å². The highest BCUT2D eigenvalue weighted by molar-refractivity contribution is 8.00. The van der Waals surface area contributed by atoms with Crippen LogP contribution in [0.5, 0.6) is 0 Å². The van der Waals surface area contributed by atoms with Crippen LogP contribution in [0.2, 0.25) is 0 Å². The highest BCUT2D eigenvalue weighted by atomic mass is 32.2. The fourth-order valence-corrected chi connectivity index (χ4v) is 2.03. The maximum Gasteiger partial charge on any atom is 0.209 e. The summed E-state index contributed by atoms with van der Waals surface area (Å²) in [7, 11) is 0. The molecule has 0 aliphatic carbocycles. The van der Waals surface area contributed by atoms with E-state index in [1.165, 1.54) is 0 Å². The SMILES string of the molecule is CSC1(C#N)CCN(C=O)CC1. The van der Waals surface area contributed by atoms with Crippen molar-refractivity contribution in [2.24, 2.45) is 0 Å². The molecule has 0 aromatic carbocycles. The quantitative estimate of drug-likeness (QED) is 0.598. The summed E-state index contributed by atoms with van der Waals surface area (Å²) < 4.78 is -0.237. The summed E-state index contributed by atoms with van der Waals surface area (Å²) in [6.45, 7) is 1.44. The van der Waals surface area contributed by atoms with Crippen LogP contribution in [0.15, 0.2) is 0 Å². The van der Waals surface area contributed by atoms with E-state index < -0.39 is 0 Å². The van der Waals surface area contributed by atoms with Crippen LogP contribution in [-0.4, -0.2) is 35.4 Å². The Morgan fingerprint density at radius 1 is 1.58 bits per heavy atom. The lowest BCUT2D eigenvalue weighted by Crippen LogP contribution is -2.40. The summed E-state index contributed by atoms with van der Waals surface area (Å²) in [5.74, 6) is 0. The molecule has 0 saturated carbocycles. The number of carbonyl (C=O) groups is 1. The lowest BCUT2D eigenvalue weighted by Gasteiger charge is -2.33. The summed E-state index contributed by atoms with van der Waals surface area (Å²) in [6.07, 6.45) is 4.41. The predicted octanol–water partition coefficient (Wildman–Crippen LogP) is 0.864. The fraction of sp³-hybridized carbons (Fsp3) is 0.750. The molecule has 0 atom stereocenters. The van der Waals surface area contributed by atoms with Crippen LogP contribution in [0.3, 0.4) is 0 Å². The first kappa shape index (κ1) is 9.40. The molecule has 4 heteroatoms. The number of nitrogens with zero attached hydrogens (tertiary/aromatic N) is 2. The van der Waals surface area contributed by atoms with Gasteiger partial charge in [0, 0.05) is 13.1 Å². The van der Waals surface area contributed by atoms with Gasteiger partial charge in [-0.25, -0.2) is 0 Å². The number of thioether (sulfide) groups is 1. The highest BCUT2D eigenvalue weighted by Gasteiger charge is 2.33. The second-order valence-corrected chi connectivity index (χ2v) is 4.14. The second-order valence-electron chi connectivity index (χ2n) is 2.95. The Bertz CT molecular complexity index is 204. The summed E-state index contributed by atoms with van der Waals surface area (Å²) in [4.78, 5) is 12.1. The van der Waals surface area contributed by atoms with E-state index in [9.17, 15) is 4.79 Å². The van der Waals surface area contributed by atoms with E-state index in [0.717, 1.165) is 32.3 Å². The van der Waals surface area contributed by atoms with Crippen LogP contribution in [0.1, 0.15) is 12.8 Å². The molecule has 1 aliphatic rings. The zero-order valence-electron chi connectivity index (χ0n) is 7.12. The Balaban J connectivity index is 2.54. The van der Waals surface area contributed by atoms with Gasteiger partial charge in [0.05, 0.1) is 6.07 Å². The number of likely N-dealkylation sites (tertiary alicyclic amines) is 1. The van der Waals surface area contributed by atoms with Crippen molar-refractivity contribution < 1.29 is 4.79 Å². The topological polar surface area (TPSA) is 44.1 Å². The number of amides is 1. The van der Waals surface area contributed by atoms with Crippen molar-refractivity contribution in [1.82, 2.24) is 4.90 Å². The van der Waals surface area contributed by atoms with Crippen molar-refractivity contribution in [1.29, 1.82) is 5.26 Å². The standard InChI is InChI=1S/C8H12N2OS/c1-12-8(6-9)2-4-10(7-11)5-3-8/h7H,2-5H2,1H3. The van der Waals surface area contributed by atoms with Crippen molar-refractivity contribution >= 4 is 18.2 Å². The molecule has 1 fully saturated rings. The van der Waals surface area contributed by atoms with Crippen molar-refractivity contribution in [3.63, 3.8) is 0 Å². The van der Waals surface area contributed by atoms with Crippen LogP contribution in [0.25, 0.3) is 0 Å². The monoisotopic (exact) mass is 184 g/mol. The number of hydrogen-bond acceptors (Lipinski definition) is 3. The van der Waals surface area contributed by atoms with Gasteiger partial charge in [0.2, 0.25) is 6.41 Å². The van der Waals surface area contributed by atoms with E-state index in [0.29, 0.717) is 0 Å². The van der Waals surface area contributed by atoms with E-state index in [2.05, 4.69) is 6.07 Å². The molecule has 12 heavy (non-hydrogen) atoms. The van der Waals surface area contributed by atoms with Gasteiger partial charge in [-0.05, 0) is 19.1 Å². The van der Waals surface area contributed by atoms with Crippen molar-refractivity contribution in [2.75, 3.05) is 19.3 Å². The third-order valence-electron chi connectivity index (χ3n) is 2.35. The summed E-state index contributed by atoms with van der Waals surface area (Å²) in [6, 6.07) is 2.33. The Kier molecular flexibility index (Phi) is 2.99. The Hall–Kier alpha value is -0.690. The lowest BCUT2D eigenvalue weighted by molar-refractivity contribution is -0.119. The fourth-order valence-electron chi connectivity index (χ4n) is 1.35. The third-order valence-corrected chi connectivity index (χ3v) is 3.63. The zero-order chi connectivity index (χ0) is 9.03. The molecule has 1 aliphatic heterocycles. The Morgan fingerprint density at radius 2 is 2.17 bits per heavy atom. The minimum atomic E-state index is -0.237. The second kappa shape index (κ2) is 3.81. The molecular weight excluding hydrogens is 172 g/mol. The van der Waals surface area contributed by atoms with Gasteiger partial charge < -0.3 is 4.90 Å². The number of carbonyl (C=O) groups excluding carboxylic acids is 1. The number of nitriles is 1. The first-order valence-electron chi connectivity index (χ1n) is 3.92.